The summed E-state index contributed by atoms with van der Waals surface area (Å²) in [4.78, 5) is 17.4. The molecule has 1 atom stereocenters. The average molecular weight is 473 g/mol. The first-order chi connectivity index (χ1) is 15.9. The molecule has 0 spiro atoms. The first-order valence-electron chi connectivity index (χ1n) is 11.1. The number of aromatic nitrogens is 1. The highest BCUT2D eigenvalue weighted by atomic mass is 32.2. The predicted molar refractivity (Wildman–Crippen MR) is 127 cm³/mol. The number of aryl methyl sites for hydroxylation is 1. The van der Waals surface area contributed by atoms with Gasteiger partial charge in [0.25, 0.3) is 5.91 Å². The second-order valence-electron chi connectivity index (χ2n) is 7.96. The minimum absolute atomic E-state index is 0.0704. The van der Waals surface area contributed by atoms with E-state index in [-0.39, 0.29) is 31.2 Å². The van der Waals surface area contributed by atoms with E-state index in [1.165, 1.54) is 4.31 Å². The highest BCUT2D eigenvalue weighted by Gasteiger charge is 2.24. The van der Waals surface area contributed by atoms with Crippen molar-refractivity contribution >= 4 is 28.3 Å². The summed E-state index contributed by atoms with van der Waals surface area (Å²) in [6, 6.07) is 9.40. The van der Waals surface area contributed by atoms with Crippen molar-refractivity contribution in [1.82, 2.24) is 14.6 Å². The molecule has 0 aliphatic rings. The van der Waals surface area contributed by atoms with E-state index in [4.69, 9.17) is 4.42 Å². The van der Waals surface area contributed by atoms with Gasteiger partial charge in [-0.25, -0.2) is 9.29 Å². The number of nitrogens with zero attached hydrogens (tertiary/aromatic N) is 2. The van der Waals surface area contributed by atoms with Gasteiger partial charge in [-0.15, -0.1) is 0 Å². The van der Waals surface area contributed by atoms with Gasteiger partial charge < -0.3 is 19.4 Å². The molecule has 2 N–H and O–H groups in total. The molecule has 2 heterocycles. The molecule has 0 saturated carbocycles. The summed E-state index contributed by atoms with van der Waals surface area (Å²) >= 11 is -2.41. The minimum atomic E-state index is -2.41. The van der Waals surface area contributed by atoms with Gasteiger partial charge in [-0.1, -0.05) is 49.6 Å². The van der Waals surface area contributed by atoms with Crippen LogP contribution in [0, 0.1) is 6.92 Å². The number of carbonyl (C=O) groups is 1. The number of rotatable bonds is 11. The van der Waals surface area contributed by atoms with Crippen LogP contribution in [0.4, 0.5) is 0 Å². The Kier molecular flexibility index (Phi) is 8.74. The number of hydrogen-bond donors (Lipinski definition) is 2. The van der Waals surface area contributed by atoms with Gasteiger partial charge in [0.1, 0.15) is 5.76 Å². The highest BCUT2D eigenvalue weighted by Crippen LogP contribution is 2.34. The summed E-state index contributed by atoms with van der Waals surface area (Å²) in [6.07, 6.45) is 2.94. The van der Waals surface area contributed by atoms with Gasteiger partial charge in [0, 0.05) is 37.0 Å². The van der Waals surface area contributed by atoms with Gasteiger partial charge in [0.2, 0.25) is 5.71 Å². The van der Waals surface area contributed by atoms with Crippen LogP contribution < -0.4 is 5.32 Å². The van der Waals surface area contributed by atoms with Crippen molar-refractivity contribution in [1.29, 1.82) is 0 Å². The SMILES string of the molecule is CCCCCN(Cc1nc2oc(-c3ccc(C)cc3)c(C(=O)NC)c2cc1CCO)S(=O)[O-]. The first kappa shape index (κ1) is 25.0. The number of benzene rings is 1. The van der Waals surface area contributed by atoms with Crippen molar-refractivity contribution in [3.63, 3.8) is 0 Å². The molecule has 178 valence electrons. The molecule has 1 amide bonds. The summed E-state index contributed by atoms with van der Waals surface area (Å²) < 4.78 is 31.0. The molecule has 3 rings (SSSR count). The monoisotopic (exact) mass is 472 g/mol. The van der Waals surface area contributed by atoms with Gasteiger partial charge in [-0.2, -0.15) is 0 Å². The zero-order valence-electron chi connectivity index (χ0n) is 19.2. The summed E-state index contributed by atoms with van der Waals surface area (Å²) in [6.45, 7) is 4.36. The quantitative estimate of drug-likeness (QED) is 0.326. The van der Waals surface area contributed by atoms with Crippen LogP contribution in [-0.4, -0.2) is 49.3 Å². The summed E-state index contributed by atoms with van der Waals surface area (Å²) in [5.41, 5.74) is 3.62. The average Bonchev–Trinajstić information content (AvgIpc) is 3.16. The van der Waals surface area contributed by atoms with E-state index in [0.29, 0.717) is 34.5 Å². The van der Waals surface area contributed by atoms with Gasteiger partial charge >= 0.3 is 0 Å². The van der Waals surface area contributed by atoms with Crippen molar-refractivity contribution in [2.75, 3.05) is 20.2 Å². The van der Waals surface area contributed by atoms with Crippen molar-refractivity contribution < 1.29 is 23.1 Å². The summed E-state index contributed by atoms with van der Waals surface area (Å²) in [5, 5.41) is 12.8. The lowest BCUT2D eigenvalue weighted by Gasteiger charge is -2.24. The molecule has 0 saturated heterocycles. The Balaban J connectivity index is 2.12. The number of carbonyl (C=O) groups excluding carboxylic acids is 1. The van der Waals surface area contributed by atoms with Gasteiger partial charge in [0.05, 0.1) is 23.2 Å². The smallest absolute Gasteiger partial charge is 0.255 e. The van der Waals surface area contributed by atoms with Crippen LogP contribution in [0.25, 0.3) is 22.4 Å². The number of aliphatic hydroxyl groups is 1. The van der Waals surface area contributed by atoms with Crippen LogP contribution in [0.15, 0.2) is 34.7 Å². The zero-order chi connectivity index (χ0) is 24.0. The molecule has 3 aromatic rings. The number of hydrogen-bond acceptors (Lipinski definition) is 6. The summed E-state index contributed by atoms with van der Waals surface area (Å²) in [7, 11) is 1.55. The fourth-order valence-corrected chi connectivity index (χ4v) is 4.25. The Morgan fingerprint density at radius 3 is 2.61 bits per heavy atom. The highest BCUT2D eigenvalue weighted by molar-refractivity contribution is 7.76. The Hall–Kier alpha value is -2.59. The third-order valence-corrected chi connectivity index (χ3v) is 6.28. The Labute approximate surface area is 196 Å². The van der Waals surface area contributed by atoms with E-state index in [0.717, 1.165) is 30.4 Å². The standard InChI is InChI=1S/C24H31N3O5S/c1-4-5-6-12-27(33(30)31)15-20-18(11-13-28)14-19-21(23(29)25-3)22(32-24(19)26-20)17-9-7-16(2)8-10-17/h7-10,14,28H,4-6,11-13,15H2,1-3H3,(H,25,29)(H,30,31)/p-1. The largest absolute Gasteiger partial charge is 0.760 e. The lowest BCUT2D eigenvalue weighted by Crippen LogP contribution is -2.27. The number of aliphatic hydroxyl groups excluding tert-OH is 1. The van der Waals surface area contributed by atoms with E-state index in [2.05, 4.69) is 17.2 Å². The summed E-state index contributed by atoms with van der Waals surface area (Å²) in [5.74, 6) is 0.0897. The van der Waals surface area contributed by atoms with Crippen molar-refractivity contribution in [3.8, 4) is 11.3 Å². The molecule has 0 aliphatic heterocycles. The van der Waals surface area contributed by atoms with E-state index in [1.807, 2.05) is 31.2 Å². The number of fused-ring (bicyclic) bond motifs is 1. The van der Waals surface area contributed by atoms with Gasteiger partial charge in [0.15, 0.2) is 0 Å². The Morgan fingerprint density at radius 2 is 2.00 bits per heavy atom. The molecule has 9 heteroatoms. The first-order valence-corrected chi connectivity index (χ1v) is 12.1. The second kappa shape index (κ2) is 11.5. The normalized spacial score (nSPS) is 12.4. The maximum atomic E-state index is 12.8. The molecule has 1 aromatic carbocycles. The molecule has 0 aliphatic carbocycles. The van der Waals surface area contributed by atoms with Crippen LogP contribution in [0.5, 0.6) is 0 Å². The lowest BCUT2D eigenvalue weighted by molar-refractivity contribution is 0.0964. The fraction of sp³-hybridized carbons (Fsp3) is 0.417. The van der Waals surface area contributed by atoms with E-state index < -0.39 is 11.3 Å². The fourth-order valence-electron chi connectivity index (χ4n) is 3.74. The molecule has 0 bridgehead atoms. The Bertz CT molecular complexity index is 1130. The third-order valence-electron chi connectivity index (χ3n) is 5.55. The van der Waals surface area contributed by atoms with Crippen LogP contribution in [-0.2, 0) is 24.2 Å². The van der Waals surface area contributed by atoms with Crippen molar-refractivity contribution in [3.05, 3.63) is 52.7 Å². The van der Waals surface area contributed by atoms with Crippen LogP contribution in [0.3, 0.4) is 0 Å². The number of pyridine rings is 1. The van der Waals surface area contributed by atoms with Gasteiger partial charge in [-0.05, 0) is 31.4 Å². The molecule has 0 radical (unpaired) electrons. The van der Waals surface area contributed by atoms with Crippen LogP contribution >= 0.6 is 0 Å². The Morgan fingerprint density at radius 1 is 1.27 bits per heavy atom. The molecule has 2 aromatic heterocycles. The molecule has 33 heavy (non-hydrogen) atoms. The molecular formula is C24H30N3O5S-. The number of nitrogens with one attached hydrogen (secondary N) is 1. The third kappa shape index (κ3) is 5.86. The molecule has 8 nitrogen and oxygen atoms in total. The molecule has 0 fully saturated rings. The lowest BCUT2D eigenvalue weighted by atomic mass is 10.0. The van der Waals surface area contributed by atoms with E-state index in [9.17, 15) is 18.7 Å². The van der Waals surface area contributed by atoms with Crippen molar-refractivity contribution in [2.45, 2.75) is 46.1 Å². The maximum absolute atomic E-state index is 12.8. The minimum Gasteiger partial charge on any atom is -0.760 e. The number of unbranched alkanes of at least 4 members (excludes halogenated alkanes) is 2. The number of amides is 1. The maximum Gasteiger partial charge on any atom is 0.255 e. The predicted octanol–water partition coefficient (Wildman–Crippen LogP) is 3.48. The topological polar surface area (TPSA) is 119 Å². The van der Waals surface area contributed by atoms with Crippen molar-refractivity contribution in [2.24, 2.45) is 0 Å². The number of furan rings is 1. The van der Waals surface area contributed by atoms with E-state index in [1.54, 1.807) is 13.1 Å². The van der Waals surface area contributed by atoms with Crippen LogP contribution in [0.2, 0.25) is 0 Å². The van der Waals surface area contributed by atoms with Gasteiger partial charge in [-0.3, -0.25) is 9.00 Å². The van der Waals surface area contributed by atoms with E-state index >= 15 is 0 Å². The van der Waals surface area contributed by atoms with Crippen LogP contribution in [0.1, 0.15) is 53.4 Å². The second-order valence-corrected chi connectivity index (χ2v) is 8.91. The zero-order valence-corrected chi connectivity index (χ0v) is 20.0. The molecule has 1 unspecified atom stereocenters. The molecular weight excluding hydrogens is 442 g/mol.